The molecule has 1 aromatic heterocycles. The highest BCUT2D eigenvalue weighted by Gasteiger charge is 2.35. The second-order valence-corrected chi connectivity index (χ2v) is 11.6. The van der Waals surface area contributed by atoms with E-state index in [1.54, 1.807) is 17.0 Å². The van der Waals surface area contributed by atoms with Crippen LogP contribution in [0.2, 0.25) is 0 Å². The van der Waals surface area contributed by atoms with Crippen LogP contribution in [0.15, 0.2) is 23.8 Å². The van der Waals surface area contributed by atoms with Crippen molar-refractivity contribution in [2.24, 2.45) is 5.73 Å². The molecule has 0 spiro atoms. The summed E-state index contributed by atoms with van der Waals surface area (Å²) in [5, 5.41) is 0.692. The number of benzene rings is 2. The van der Waals surface area contributed by atoms with Crippen LogP contribution in [0.4, 0.5) is 5.69 Å². The number of amides is 1. The number of H-pyrrole nitrogens is 1. The van der Waals surface area contributed by atoms with E-state index < -0.39 is 16.2 Å². The average molecular weight is 556 g/mol. The largest absolute Gasteiger partial charge is 0.493 e. The first kappa shape index (κ1) is 27.0. The van der Waals surface area contributed by atoms with Crippen molar-refractivity contribution in [2.45, 2.75) is 32.8 Å². The first-order valence-electron chi connectivity index (χ1n) is 12.7. The van der Waals surface area contributed by atoms with Crippen LogP contribution in [0.5, 0.6) is 17.2 Å². The van der Waals surface area contributed by atoms with Gasteiger partial charge in [0.1, 0.15) is 12.3 Å². The number of aryl methyl sites for hydroxylation is 1. The average Bonchev–Trinajstić information content (AvgIpc) is 3.49. The van der Waals surface area contributed by atoms with Crippen molar-refractivity contribution in [2.75, 3.05) is 45.1 Å². The van der Waals surface area contributed by atoms with E-state index in [1.807, 2.05) is 13.0 Å². The standard InChI is InChI=1S/C28H33N3O7S/c1-15-8-19-16(2)10-23-21(20(19)9-15)13-18(38-39(5,33)34)14-31(23)28(32)22-11-17-12-24(35-3)26(37-7-6-29)27(36-4)25(17)30-22/h9-12,18,30H,6-8,13-14,29H2,1-5H3/t18-/m0/s1. The van der Waals surface area contributed by atoms with Gasteiger partial charge in [0.05, 0.1) is 38.6 Å². The third kappa shape index (κ3) is 4.97. The summed E-state index contributed by atoms with van der Waals surface area (Å²) in [5.41, 5.74) is 12.7. The number of rotatable bonds is 8. The van der Waals surface area contributed by atoms with Crippen LogP contribution in [0.1, 0.15) is 39.7 Å². The minimum atomic E-state index is -3.74. The van der Waals surface area contributed by atoms with Crippen LogP contribution in [-0.4, -0.2) is 65.6 Å². The Morgan fingerprint density at radius 3 is 2.56 bits per heavy atom. The van der Waals surface area contributed by atoms with Gasteiger partial charge >= 0.3 is 0 Å². The van der Waals surface area contributed by atoms with Crippen LogP contribution in [0.3, 0.4) is 0 Å². The molecular weight excluding hydrogens is 522 g/mol. The highest BCUT2D eigenvalue weighted by molar-refractivity contribution is 7.86. The number of carbonyl (C=O) groups excluding carboxylic acids is 1. The van der Waals surface area contributed by atoms with Gasteiger partial charge in [-0.15, -0.1) is 0 Å². The number of aromatic nitrogens is 1. The number of anilines is 1. The summed E-state index contributed by atoms with van der Waals surface area (Å²) in [6.07, 6.45) is 3.65. The molecule has 1 atom stereocenters. The predicted molar refractivity (Wildman–Crippen MR) is 150 cm³/mol. The Balaban J connectivity index is 1.62. The zero-order valence-corrected chi connectivity index (χ0v) is 23.5. The van der Waals surface area contributed by atoms with Gasteiger partial charge in [0.25, 0.3) is 16.0 Å². The molecule has 10 nitrogen and oxygen atoms in total. The number of fused-ring (bicyclic) bond motifs is 4. The summed E-state index contributed by atoms with van der Waals surface area (Å²) in [5.74, 6) is 0.905. The topological polar surface area (TPSA) is 133 Å². The van der Waals surface area contributed by atoms with Crippen molar-refractivity contribution in [3.8, 4) is 17.2 Å². The Morgan fingerprint density at radius 2 is 1.90 bits per heavy atom. The minimum Gasteiger partial charge on any atom is -0.493 e. The Kier molecular flexibility index (Phi) is 7.08. The smallest absolute Gasteiger partial charge is 0.274 e. The normalized spacial score (nSPS) is 16.6. The molecule has 1 amide bonds. The lowest BCUT2D eigenvalue weighted by molar-refractivity contribution is 0.0961. The van der Waals surface area contributed by atoms with Crippen LogP contribution in [0.25, 0.3) is 17.0 Å². The van der Waals surface area contributed by atoms with Gasteiger partial charge in [0, 0.05) is 24.0 Å². The zero-order chi connectivity index (χ0) is 28.1. The summed E-state index contributed by atoms with van der Waals surface area (Å²) >= 11 is 0. The van der Waals surface area contributed by atoms with Crippen molar-refractivity contribution < 1.29 is 31.6 Å². The molecule has 0 saturated carbocycles. The Hall–Kier alpha value is -3.54. The van der Waals surface area contributed by atoms with Gasteiger partial charge < -0.3 is 29.8 Å². The number of nitrogens with one attached hydrogen (secondary N) is 1. The number of methoxy groups -OCH3 is 2. The minimum absolute atomic E-state index is 0.0838. The fourth-order valence-corrected chi connectivity index (χ4v) is 6.18. The second kappa shape index (κ2) is 10.2. The van der Waals surface area contributed by atoms with Crippen LogP contribution in [-0.2, 0) is 27.1 Å². The van der Waals surface area contributed by atoms with E-state index in [-0.39, 0.29) is 19.1 Å². The van der Waals surface area contributed by atoms with Gasteiger partial charge in [0.2, 0.25) is 5.75 Å². The maximum atomic E-state index is 14.1. The lowest BCUT2D eigenvalue weighted by Crippen LogP contribution is -2.44. The fraction of sp³-hybridized carbons (Fsp3) is 0.393. The van der Waals surface area contributed by atoms with Crippen molar-refractivity contribution in [1.82, 2.24) is 4.98 Å². The van der Waals surface area contributed by atoms with Crippen molar-refractivity contribution in [1.29, 1.82) is 0 Å². The highest BCUT2D eigenvalue weighted by atomic mass is 32.2. The van der Waals surface area contributed by atoms with Gasteiger partial charge in [-0.1, -0.05) is 11.6 Å². The molecule has 1 aliphatic carbocycles. The summed E-state index contributed by atoms with van der Waals surface area (Å²) in [7, 11) is -0.699. The van der Waals surface area contributed by atoms with Crippen molar-refractivity contribution in [3.05, 3.63) is 51.7 Å². The molecule has 0 unspecified atom stereocenters. The fourth-order valence-electron chi connectivity index (χ4n) is 5.56. The molecule has 11 heteroatoms. The molecule has 3 aromatic rings. The number of hydrogen-bond donors (Lipinski definition) is 2. The van der Waals surface area contributed by atoms with E-state index >= 15 is 0 Å². The van der Waals surface area contributed by atoms with Crippen molar-refractivity contribution in [3.63, 3.8) is 0 Å². The van der Waals surface area contributed by atoms with Gasteiger partial charge in [-0.25, -0.2) is 0 Å². The van der Waals surface area contributed by atoms with E-state index in [9.17, 15) is 13.2 Å². The Labute approximate surface area is 227 Å². The number of nitrogens with zero attached hydrogens (tertiary/aromatic N) is 1. The van der Waals surface area contributed by atoms with Gasteiger partial charge in [-0.3, -0.25) is 8.98 Å². The molecule has 0 radical (unpaired) electrons. The summed E-state index contributed by atoms with van der Waals surface area (Å²) in [4.78, 5) is 18.9. The molecular formula is C28H33N3O7S. The Bertz CT molecular complexity index is 1610. The van der Waals surface area contributed by atoms with Gasteiger partial charge in [-0.05, 0) is 60.7 Å². The number of ether oxygens (including phenoxy) is 3. The first-order valence-corrected chi connectivity index (χ1v) is 14.5. The predicted octanol–water partition coefficient (Wildman–Crippen LogP) is 3.34. The Morgan fingerprint density at radius 1 is 1.13 bits per heavy atom. The number of hydrogen-bond acceptors (Lipinski definition) is 8. The monoisotopic (exact) mass is 555 g/mol. The maximum absolute atomic E-state index is 14.1. The molecule has 2 aliphatic rings. The van der Waals surface area contributed by atoms with Crippen molar-refractivity contribution >= 4 is 38.7 Å². The third-order valence-corrected chi connectivity index (χ3v) is 7.73. The highest BCUT2D eigenvalue weighted by Crippen LogP contribution is 2.44. The SMILES string of the molecule is COc1cc2cc(C(=O)N3C[C@@H](OS(C)(=O)=O)Cc4c3cc(C)c3c4C=C(C)C3)[nH]c2c(OC)c1OCCN. The summed E-state index contributed by atoms with van der Waals surface area (Å²) in [6, 6.07) is 5.50. The zero-order valence-electron chi connectivity index (χ0n) is 22.7. The molecule has 0 bridgehead atoms. The lowest BCUT2D eigenvalue weighted by atomic mass is 9.90. The van der Waals surface area contributed by atoms with Crippen LogP contribution >= 0.6 is 0 Å². The molecule has 2 heterocycles. The molecule has 208 valence electrons. The van der Waals surface area contributed by atoms with Gasteiger partial charge in [-0.2, -0.15) is 8.42 Å². The maximum Gasteiger partial charge on any atom is 0.274 e. The molecule has 0 fully saturated rings. The molecule has 5 rings (SSSR count). The summed E-state index contributed by atoms with van der Waals surface area (Å²) < 4.78 is 46.5. The van der Waals surface area contributed by atoms with E-state index in [4.69, 9.17) is 24.1 Å². The van der Waals surface area contributed by atoms with Crippen LogP contribution in [0, 0.1) is 6.92 Å². The third-order valence-electron chi connectivity index (χ3n) is 7.11. The van der Waals surface area contributed by atoms with E-state index in [0.717, 1.165) is 35.1 Å². The molecule has 1 aliphatic heterocycles. The number of nitrogens with two attached hydrogens (primary N) is 1. The quantitative estimate of drug-likeness (QED) is 0.405. The lowest BCUT2D eigenvalue weighted by Gasteiger charge is -2.35. The molecule has 0 saturated heterocycles. The second-order valence-electron chi connectivity index (χ2n) is 10.0. The van der Waals surface area contributed by atoms with E-state index in [1.165, 1.54) is 25.4 Å². The summed E-state index contributed by atoms with van der Waals surface area (Å²) in [6.45, 7) is 4.76. The number of carbonyl (C=O) groups is 1. The first-order chi connectivity index (χ1) is 18.5. The molecule has 39 heavy (non-hydrogen) atoms. The number of aromatic amines is 1. The van der Waals surface area contributed by atoms with E-state index in [0.29, 0.717) is 46.8 Å². The molecule has 3 N–H and O–H groups in total. The van der Waals surface area contributed by atoms with Crippen LogP contribution < -0.4 is 24.8 Å². The number of allylic oxidation sites excluding steroid dienone is 1. The van der Waals surface area contributed by atoms with Gasteiger partial charge in [0.15, 0.2) is 11.5 Å². The van der Waals surface area contributed by atoms with E-state index in [2.05, 4.69) is 18.0 Å². The molecule has 2 aromatic carbocycles.